The van der Waals surface area contributed by atoms with Crippen LogP contribution in [0.15, 0.2) is 127 Å². The third-order valence-corrected chi connectivity index (χ3v) is 7.07. The summed E-state index contributed by atoms with van der Waals surface area (Å²) in [5.41, 5.74) is 7.40. The van der Waals surface area contributed by atoms with Crippen molar-refractivity contribution in [1.29, 1.82) is 0 Å². The molecule has 0 amide bonds. The van der Waals surface area contributed by atoms with Crippen LogP contribution >= 0.6 is 11.6 Å². The van der Waals surface area contributed by atoms with Gasteiger partial charge in [0.1, 0.15) is 5.60 Å². The van der Waals surface area contributed by atoms with Crippen LogP contribution in [-0.4, -0.2) is 5.11 Å². The summed E-state index contributed by atoms with van der Waals surface area (Å²) in [7, 11) is 0. The molecule has 35 heavy (non-hydrogen) atoms. The Morgan fingerprint density at radius 2 is 1.03 bits per heavy atom. The average molecular weight is 471 g/mol. The zero-order chi connectivity index (χ0) is 23.8. The van der Waals surface area contributed by atoms with Crippen molar-refractivity contribution in [2.75, 3.05) is 0 Å². The summed E-state index contributed by atoms with van der Waals surface area (Å²) >= 11 is 6.19. The van der Waals surface area contributed by atoms with Crippen LogP contribution in [0.2, 0.25) is 5.02 Å². The van der Waals surface area contributed by atoms with Crippen LogP contribution in [0, 0.1) is 0 Å². The molecule has 5 aromatic rings. The van der Waals surface area contributed by atoms with Crippen LogP contribution in [0.1, 0.15) is 33.4 Å². The fourth-order valence-corrected chi connectivity index (χ4v) is 5.32. The maximum atomic E-state index is 12.9. The molecule has 0 heterocycles. The van der Waals surface area contributed by atoms with Gasteiger partial charge in [0.15, 0.2) is 0 Å². The molecule has 0 aliphatic heterocycles. The van der Waals surface area contributed by atoms with Gasteiger partial charge in [0.25, 0.3) is 0 Å². The fourth-order valence-electron chi connectivity index (χ4n) is 5.19. The van der Waals surface area contributed by atoms with Crippen molar-refractivity contribution in [3.8, 4) is 11.1 Å². The van der Waals surface area contributed by atoms with E-state index in [1.807, 2.05) is 84.9 Å². The van der Waals surface area contributed by atoms with Crippen molar-refractivity contribution in [3.05, 3.63) is 166 Å². The first-order valence-electron chi connectivity index (χ1n) is 11.7. The molecule has 1 nitrogen and oxygen atoms in total. The molecule has 1 atom stereocenters. The molecule has 168 valence electrons. The SMILES string of the molecule is OC1(c2ccccc2-c2ccc(Cl)cc2)c2ccccc2C=C(c2ccccc2)c2ccccc21. The molecular weight excluding hydrogens is 448 g/mol. The van der Waals surface area contributed by atoms with Gasteiger partial charge in [0.05, 0.1) is 0 Å². The molecule has 0 radical (unpaired) electrons. The second kappa shape index (κ2) is 8.70. The van der Waals surface area contributed by atoms with Crippen molar-refractivity contribution in [3.63, 3.8) is 0 Å². The van der Waals surface area contributed by atoms with E-state index in [-0.39, 0.29) is 0 Å². The monoisotopic (exact) mass is 470 g/mol. The van der Waals surface area contributed by atoms with E-state index in [0.717, 1.165) is 50.1 Å². The third-order valence-electron chi connectivity index (χ3n) is 6.81. The Bertz CT molecular complexity index is 1550. The minimum Gasteiger partial charge on any atom is -0.376 e. The van der Waals surface area contributed by atoms with Crippen LogP contribution in [0.25, 0.3) is 22.8 Å². The Balaban J connectivity index is 1.69. The molecular formula is C33H23ClO. The van der Waals surface area contributed by atoms with Crippen LogP contribution in [-0.2, 0) is 5.60 Å². The van der Waals surface area contributed by atoms with E-state index in [1.54, 1.807) is 0 Å². The first kappa shape index (κ1) is 21.6. The highest BCUT2D eigenvalue weighted by Crippen LogP contribution is 2.48. The van der Waals surface area contributed by atoms with Crippen molar-refractivity contribution in [2.24, 2.45) is 0 Å². The number of aliphatic hydroxyl groups is 1. The smallest absolute Gasteiger partial charge is 0.142 e. The molecule has 1 N–H and O–H groups in total. The summed E-state index contributed by atoms with van der Waals surface area (Å²) in [4.78, 5) is 0. The molecule has 0 saturated carbocycles. The first-order chi connectivity index (χ1) is 17.2. The van der Waals surface area contributed by atoms with Gasteiger partial charge in [-0.3, -0.25) is 0 Å². The van der Waals surface area contributed by atoms with Crippen molar-refractivity contribution < 1.29 is 5.11 Å². The Labute approximate surface area is 210 Å². The molecule has 0 fully saturated rings. The molecule has 6 rings (SSSR count). The predicted molar refractivity (Wildman–Crippen MR) is 145 cm³/mol. The second-order valence-electron chi connectivity index (χ2n) is 8.82. The summed E-state index contributed by atoms with van der Waals surface area (Å²) in [5.74, 6) is 0. The number of halogens is 1. The largest absolute Gasteiger partial charge is 0.376 e. The van der Waals surface area contributed by atoms with Gasteiger partial charge in [0.2, 0.25) is 0 Å². The normalized spacial score (nSPS) is 16.6. The van der Waals surface area contributed by atoms with Gasteiger partial charge in [-0.05, 0) is 57.2 Å². The summed E-state index contributed by atoms with van der Waals surface area (Å²) in [5, 5.41) is 13.6. The molecule has 2 heteroatoms. The van der Waals surface area contributed by atoms with E-state index >= 15 is 0 Å². The Hall–Kier alpha value is -3.91. The zero-order valence-electron chi connectivity index (χ0n) is 19.0. The highest BCUT2D eigenvalue weighted by Gasteiger charge is 2.40. The van der Waals surface area contributed by atoms with E-state index in [2.05, 4.69) is 48.5 Å². The van der Waals surface area contributed by atoms with Gasteiger partial charge in [-0.15, -0.1) is 0 Å². The lowest BCUT2D eigenvalue weighted by Gasteiger charge is -2.33. The number of fused-ring (bicyclic) bond motifs is 2. The third kappa shape index (κ3) is 3.61. The van der Waals surface area contributed by atoms with Crippen LogP contribution in [0.4, 0.5) is 0 Å². The standard InChI is InChI=1S/C33H23ClO/c34-26-20-18-24(19-21-26)27-13-5-8-16-31(27)33(35)30-15-7-4-12-25(30)22-29(23-10-2-1-3-11-23)28-14-6-9-17-32(28)33/h1-22,35H. The topological polar surface area (TPSA) is 20.2 Å². The van der Waals surface area contributed by atoms with Crippen LogP contribution in [0.5, 0.6) is 0 Å². The lowest BCUT2D eigenvalue weighted by atomic mass is 9.75. The van der Waals surface area contributed by atoms with Crippen LogP contribution in [0.3, 0.4) is 0 Å². The van der Waals surface area contributed by atoms with E-state index in [0.29, 0.717) is 5.02 Å². The Kier molecular flexibility index (Phi) is 5.37. The Morgan fingerprint density at radius 3 is 1.74 bits per heavy atom. The zero-order valence-corrected chi connectivity index (χ0v) is 19.8. The first-order valence-corrected chi connectivity index (χ1v) is 12.1. The van der Waals surface area contributed by atoms with E-state index in [4.69, 9.17) is 11.6 Å². The van der Waals surface area contributed by atoms with Gasteiger partial charge in [-0.2, -0.15) is 0 Å². The van der Waals surface area contributed by atoms with E-state index < -0.39 is 5.60 Å². The number of rotatable bonds is 3. The summed E-state index contributed by atoms with van der Waals surface area (Å²) in [6, 6.07) is 42.6. The minimum atomic E-state index is -1.36. The summed E-state index contributed by atoms with van der Waals surface area (Å²) in [6.07, 6.45) is 2.20. The molecule has 0 saturated heterocycles. The van der Waals surface area contributed by atoms with Crippen molar-refractivity contribution in [1.82, 2.24) is 0 Å². The van der Waals surface area contributed by atoms with Gasteiger partial charge in [0, 0.05) is 16.1 Å². The summed E-state index contributed by atoms with van der Waals surface area (Å²) in [6.45, 7) is 0. The lowest BCUT2D eigenvalue weighted by Crippen LogP contribution is -2.31. The van der Waals surface area contributed by atoms with E-state index in [1.165, 1.54) is 0 Å². The molecule has 1 unspecified atom stereocenters. The maximum absolute atomic E-state index is 12.9. The van der Waals surface area contributed by atoms with Crippen molar-refractivity contribution in [2.45, 2.75) is 5.60 Å². The molecule has 0 bridgehead atoms. The van der Waals surface area contributed by atoms with Gasteiger partial charge < -0.3 is 5.11 Å². The highest BCUT2D eigenvalue weighted by molar-refractivity contribution is 6.30. The fraction of sp³-hybridized carbons (Fsp3) is 0.0303. The molecule has 1 aliphatic rings. The maximum Gasteiger partial charge on any atom is 0.142 e. The average Bonchev–Trinajstić information content (AvgIpc) is 3.03. The van der Waals surface area contributed by atoms with Crippen molar-refractivity contribution >= 4 is 23.3 Å². The number of hydrogen-bond donors (Lipinski definition) is 1. The van der Waals surface area contributed by atoms with E-state index in [9.17, 15) is 5.11 Å². The quantitative estimate of drug-likeness (QED) is 0.282. The molecule has 0 aromatic heterocycles. The minimum absolute atomic E-state index is 0.687. The van der Waals surface area contributed by atoms with Gasteiger partial charge >= 0.3 is 0 Å². The molecule has 0 spiro atoms. The predicted octanol–water partition coefficient (Wildman–Crippen LogP) is 8.19. The molecule has 1 aliphatic carbocycles. The van der Waals surface area contributed by atoms with Crippen LogP contribution < -0.4 is 0 Å². The highest BCUT2D eigenvalue weighted by atomic mass is 35.5. The number of benzene rings is 5. The summed E-state index contributed by atoms with van der Waals surface area (Å²) < 4.78 is 0. The number of hydrogen-bond acceptors (Lipinski definition) is 1. The molecule has 5 aromatic carbocycles. The lowest BCUT2D eigenvalue weighted by molar-refractivity contribution is 0.126. The van der Waals surface area contributed by atoms with Gasteiger partial charge in [-0.25, -0.2) is 0 Å². The second-order valence-corrected chi connectivity index (χ2v) is 9.26. The Morgan fingerprint density at radius 1 is 0.486 bits per heavy atom. The van der Waals surface area contributed by atoms with Gasteiger partial charge in [-0.1, -0.05) is 127 Å².